The zero-order chi connectivity index (χ0) is 15.6. The van der Waals surface area contributed by atoms with Crippen LogP contribution >= 0.6 is 0 Å². The van der Waals surface area contributed by atoms with E-state index in [1.807, 2.05) is 49.4 Å². The van der Waals surface area contributed by atoms with Crippen molar-refractivity contribution < 1.29 is 8.42 Å². The summed E-state index contributed by atoms with van der Waals surface area (Å²) < 4.78 is 26.8. The van der Waals surface area contributed by atoms with E-state index in [1.54, 1.807) is 6.08 Å². The first-order valence-corrected chi connectivity index (χ1v) is 8.92. The fourth-order valence-corrected chi connectivity index (χ4v) is 4.07. The molecule has 0 bridgehead atoms. The summed E-state index contributed by atoms with van der Waals surface area (Å²) in [4.78, 5) is 0. The molecular weight excluding hydrogens is 294 g/mol. The van der Waals surface area contributed by atoms with E-state index in [0.717, 1.165) is 35.2 Å². The lowest BCUT2D eigenvalue weighted by atomic mass is 10.0. The number of hydrogen-bond donors (Lipinski definition) is 0. The normalized spacial score (nSPS) is 15.0. The smallest absolute Gasteiger partial charge is 0.257 e. The Morgan fingerprint density at radius 3 is 2.64 bits per heavy atom. The highest BCUT2D eigenvalue weighted by Gasteiger charge is 2.25. The molecule has 22 heavy (non-hydrogen) atoms. The summed E-state index contributed by atoms with van der Waals surface area (Å²) in [6, 6.07) is 15.4. The van der Waals surface area contributed by atoms with E-state index in [4.69, 9.17) is 0 Å². The molecule has 3 rings (SSSR count). The Morgan fingerprint density at radius 1 is 1.09 bits per heavy atom. The first-order chi connectivity index (χ1) is 10.6. The summed E-state index contributed by atoms with van der Waals surface area (Å²) in [5.41, 5.74) is 3.97. The van der Waals surface area contributed by atoms with E-state index in [9.17, 15) is 8.42 Å². The molecule has 2 aromatic rings. The Labute approximate surface area is 132 Å². The second kappa shape index (κ2) is 5.97. The largest absolute Gasteiger partial charge is 0.267 e. The van der Waals surface area contributed by atoms with Crippen LogP contribution < -0.4 is 4.31 Å². The van der Waals surface area contributed by atoms with Gasteiger partial charge in [-0.3, -0.25) is 4.31 Å². The molecule has 0 amide bonds. The van der Waals surface area contributed by atoms with Gasteiger partial charge in [-0.2, -0.15) is 0 Å². The minimum atomic E-state index is -3.46. The summed E-state index contributed by atoms with van der Waals surface area (Å²) in [7, 11) is -3.46. The summed E-state index contributed by atoms with van der Waals surface area (Å²) in [5.74, 6) is 0. The van der Waals surface area contributed by atoms with Crippen LogP contribution in [0.15, 0.2) is 53.9 Å². The van der Waals surface area contributed by atoms with Gasteiger partial charge in [-0.25, -0.2) is 8.42 Å². The van der Waals surface area contributed by atoms with Gasteiger partial charge in [0.25, 0.3) is 10.0 Å². The Morgan fingerprint density at radius 2 is 1.86 bits per heavy atom. The van der Waals surface area contributed by atoms with Gasteiger partial charge in [0.15, 0.2) is 0 Å². The van der Waals surface area contributed by atoms with Gasteiger partial charge in [-0.1, -0.05) is 48.0 Å². The van der Waals surface area contributed by atoms with Crippen LogP contribution in [0.4, 0.5) is 5.69 Å². The average Bonchev–Trinajstić information content (AvgIpc) is 2.53. The molecule has 0 aliphatic carbocycles. The lowest BCUT2D eigenvalue weighted by Gasteiger charge is -2.29. The van der Waals surface area contributed by atoms with Gasteiger partial charge in [0.05, 0.1) is 11.1 Å². The van der Waals surface area contributed by atoms with E-state index in [1.165, 1.54) is 9.71 Å². The molecule has 114 valence electrons. The van der Waals surface area contributed by atoms with Crippen molar-refractivity contribution in [2.75, 3.05) is 10.8 Å². The van der Waals surface area contributed by atoms with Crippen LogP contribution in [0.1, 0.15) is 23.1 Å². The van der Waals surface area contributed by atoms with Crippen LogP contribution in [-0.2, 0) is 16.4 Å². The van der Waals surface area contributed by atoms with Crippen molar-refractivity contribution in [2.45, 2.75) is 19.8 Å². The van der Waals surface area contributed by atoms with Crippen molar-refractivity contribution in [3.63, 3.8) is 0 Å². The van der Waals surface area contributed by atoms with Gasteiger partial charge in [-0.15, -0.1) is 0 Å². The molecule has 0 aromatic heterocycles. The molecule has 1 aliphatic rings. The van der Waals surface area contributed by atoms with Crippen molar-refractivity contribution in [2.24, 2.45) is 0 Å². The van der Waals surface area contributed by atoms with Gasteiger partial charge < -0.3 is 0 Å². The number of benzene rings is 2. The second-order valence-corrected chi connectivity index (χ2v) is 7.31. The molecule has 2 aromatic carbocycles. The molecule has 4 heteroatoms. The van der Waals surface area contributed by atoms with E-state index in [2.05, 4.69) is 6.07 Å². The Balaban J connectivity index is 1.93. The standard InChI is InChI=1S/C18H19NO2S/c1-15-9-10-18-17(14-15)8-5-12-19(18)22(20,21)13-11-16-6-3-2-4-7-16/h2-4,6-7,9-11,13-14H,5,8,12H2,1H3/b13-11+. The van der Waals surface area contributed by atoms with Crippen LogP contribution in [0.2, 0.25) is 0 Å². The van der Waals surface area contributed by atoms with E-state index >= 15 is 0 Å². The predicted molar refractivity (Wildman–Crippen MR) is 91.2 cm³/mol. The van der Waals surface area contributed by atoms with Crippen molar-refractivity contribution in [3.8, 4) is 0 Å². The van der Waals surface area contributed by atoms with Gasteiger partial charge in [-0.05, 0) is 43.0 Å². The minimum Gasteiger partial charge on any atom is -0.267 e. The van der Waals surface area contributed by atoms with Gasteiger partial charge >= 0.3 is 0 Å². The maximum Gasteiger partial charge on any atom is 0.257 e. The monoisotopic (exact) mass is 313 g/mol. The number of aryl methyl sites for hydroxylation is 2. The quantitative estimate of drug-likeness (QED) is 0.865. The maximum atomic E-state index is 12.6. The highest BCUT2D eigenvalue weighted by molar-refractivity contribution is 7.95. The van der Waals surface area contributed by atoms with Gasteiger partial charge in [0, 0.05) is 6.54 Å². The van der Waals surface area contributed by atoms with E-state index in [0.29, 0.717) is 6.54 Å². The van der Waals surface area contributed by atoms with Crippen molar-refractivity contribution in [3.05, 3.63) is 70.6 Å². The molecule has 0 atom stereocenters. The first kappa shape index (κ1) is 14.9. The molecule has 0 saturated heterocycles. The third-order valence-corrected chi connectivity index (χ3v) is 5.32. The second-order valence-electron chi connectivity index (χ2n) is 5.57. The maximum absolute atomic E-state index is 12.6. The molecule has 1 heterocycles. The van der Waals surface area contributed by atoms with E-state index < -0.39 is 10.0 Å². The molecular formula is C18H19NO2S. The molecule has 0 unspecified atom stereocenters. The Hall–Kier alpha value is -2.07. The molecule has 0 N–H and O–H groups in total. The van der Waals surface area contributed by atoms with Crippen molar-refractivity contribution in [1.82, 2.24) is 0 Å². The third-order valence-electron chi connectivity index (χ3n) is 3.85. The highest BCUT2D eigenvalue weighted by atomic mass is 32.2. The van der Waals surface area contributed by atoms with Gasteiger partial charge in [0.1, 0.15) is 0 Å². The number of hydrogen-bond acceptors (Lipinski definition) is 2. The lowest BCUT2D eigenvalue weighted by molar-refractivity contribution is 0.595. The summed E-state index contributed by atoms with van der Waals surface area (Å²) in [6.07, 6.45) is 3.44. The van der Waals surface area contributed by atoms with Crippen molar-refractivity contribution in [1.29, 1.82) is 0 Å². The molecule has 0 fully saturated rings. The summed E-state index contributed by atoms with van der Waals surface area (Å²) in [6.45, 7) is 2.57. The zero-order valence-corrected chi connectivity index (χ0v) is 13.4. The number of sulfonamides is 1. The SMILES string of the molecule is Cc1ccc2c(c1)CCCN2S(=O)(=O)/C=C/c1ccccc1. The predicted octanol–water partition coefficient (Wildman–Crippen LogP) is 3.75. The molecule has 3 nitrogen and oxygen atoms in total. The molecule has 0 saturated carbocycles. The summed E-state index contributed by atoms with van der Waals surface area (Å²) >= 11 is 0. The Kier molecular flexibility index (Phi) is 4.03. The van der Waals surface area contributed by atoms with Crippen LogP contribution in [0.5, 0.6) is 0 Å². The summed E-state index contributed by atoms with van der Waals surface area (Å²) in [5, 5.41) is 1.30. The Bertz CT molecular complexity index is 795. The van der Waals surface area contributed by atoms with Crippen LogP contribution in [0.3, 0.4) is 0 Å². The van der Waals surface area contributed by atoms with Crippen LogP contribution in [0, 0.1) is 6.92 Å². The fraction of sp³-hybridized carbons (Fsp3) is 0.222. The number of fused-ring (bicyclic) bond motifs is 1. The molecule has 1 aliphatic heterocycles. The van der Waals surface area contributed by atoms with E-state index in [-0.39, 0.29) is 0 Å². The first-order valence-electron chi connectivity index (χ1n) is 7.42. The number of rotatable bonds is 3. The number of anilines is 1. The molecule has 0 spiro atoms. The third kappa shape index (κ3) is 3.07. The van der Waals surface area contributed by atoms with Crippen LogP contribution in [0.25, 0.3) is 6.08 Å². The minimum absolute atomic E-state index is 0.539. The van der Waals surface area contributed by atoms with Crippen LogP contribution in [-0.4, -0.2) is 15.0 Å². The number of nitrogens with zero attached hydrogens (tertiary/aromatic N) is 1. The van der Waals surface area contributed by atoms with Gasteiger partial charge in [0.2, 0.25) is 0 Å². The fourth-order valence-electron chi connectivity index (χ4n) is 2.76. The average molecular weight is 313 g/mol. The zero-order valence-electron chi connectivity index (χ0n) is 12.6. The topological polar surface area (TPSA) is 37.4 Å². The highest BCUT2D eigenvalue weighted by Crippen LogP contribution is 2.30. The molecule has 0 radical (unpaired) electrons. The van der Waals surface area contributed by atoms with Crippen molar-refractivity contribution >= 4 is 21.8 Å². The lowest BCUT2D eigenvalue weighted by Crippen LogP contribution is -2.34.